The van der Waals surface area contributed by atoms with Crippen molar-refractivity contribution in [2.75, 3.05) is 6.54 Å². The van der Waals surface area contributed by atoms with Crippen LogP contribution in [0.1, 0.15) is 6.92 Å². The van der Waals surface area contributed by atoms with Gasteiger partial charge >= 0.3 is 0 Å². The minimum absolute atomic E-state index is 0.0585. The molecule has 0 spiro atoms. The third-order valence-electron chi connectivity index (χ3n) is 1.60. The highest BCUT2D eigenvalue weighted by Gasteiger charge is 2.29. The first-order valence-corrected chi connectivity index (χ1v) is 3.27. The molecule has 0 aromatic carbocycles. The van der Waals surface area contributed by atoms with Crippen LogP contribution in [0, 0.1) is 16.7 Å². The van der Waals surface area contributed by atoms with E-state index >= 15 is 0 Å². The summed E-state index contributed by atoms with van der Waals surface area (Å²) >= 11 is 0. The molecule has 0 atom stereocenters. The molecule has 1 aliphatic rings. The molecule has 0 aliphatic carbocycles. The molecule has 0 saturated carbocycles. The summed E-state index contributed by atoms with van der Waals surface area (Å²) in [7, 11) is 0. The van der Waals surface area contributed by atoms with Crippen molar-refractivity contribution < 1.29 is 9.90 Å². The molecule has 1 amide bonds. The third kappa shape index (κ3) is 1.03. The number of amidine groups is 1. The van der Waals surface area contributed by atoms with Gasteiger partial charge in [0.25, 0.3) is 0 Å². The lowest BCUT2D eigenvalue weighted by Gasteiger charge is -2.11. The summed E-state index contributed by atoms with van der Waals surface area (Å²) in [5.41, 5.74) is -0.120. The smallest absolute Gasteiger partial charge is 0.225 e. The number of hydrogen-bond donors (Lipinski definition) is 2. The molecule has 0 unspecified atom stereocenters. The van der Waals surface area contributed by atoms with Gasteiger partial charge in [-0.25, -0.2) is 0 Å². The molecule has 0 bridgehead atoms. The van der Waals surface area contributed by atoms with E-state index in [0.29, 0.717) is 0 Å². The van der Waals surface area contributed by atoms with Gasteiger partial charge in [-0.15, -0.1) is 0 Å². The van der Waals surface area contributed by atoms with Crippen LogP contribution in [0.15, 0.2) is 11.3 Å². The molecule has 1 heterocycles. The number of aliphatic hydroxyl groups excluding tert-OH is 1. The van der Waals surface area contributed by atoms with Crippen LogP contribution in [0.5, 0.6) is 0 Å². The number of amides is 1. The SMILES string of the molecule is CC(=O)N1CC(O)=C(C#N)C1=N. The Bertz CT molecular complexity index is 324. The molecular weight excluding hydrogens is 158 g/mol. The Balaban J connectivity index is 2.97. The Morgan fingerprint density at radius 2 is 2.42 bits per heavy atom. The maximum Gasteiger partial charge on any atom is 0.225 e. The van der Waals surface area contributed by atoms with E-state index in [4.69, 9.17) is 15.8 Å². The summed E-state index contributed by atoms with van der Waals surface area (Å²) in [5, 5.41) is 24.8. The third-order valence-corrected chi connectivity index (χ3v) is 1.60. The summed E-state index contributed by atoms with van der Waals surface area (Å²) in [6, 6.07) is 1.66. The number of rotatable bonds is 0. The molecule has 0 fully saturated rings. The summed E-state index contributed by atoms with van der Waals surface area (Å²) < 4.78 is 0. The van der Waals surface area contributed by atoms with E-state index in [2.05, 4.69) is 0 Å². The lowest BCUT2D eigenvalue weighted by molar-refractivity contribution is -0.124. The first-order valence-electron chi connectivity index (χ1n) is 3.27. The summed E-state index contributed by atoms with van der Waals surface area (Å²) in [6.07, 6.45) is 0. The van der Waals surface area contributed by atoms with E-state index in [-0.39, 0.29) is 29.6 Å². The second kappa shape index (κ2) is 2.66. The molecule has 0 radical (unpaired) electrons. The maximum absolute atomic E-state index is 10.8. The van der Waals surface area contributed by atoms with E-state index in [0.717, 1.165) is 4.90 Å². The molecule has 5 nitrogen and oxygen atoms in total. The van der Waals surface area contributed by atoms with Gasteiger partial charge in [-0.1, -0.05) is 0 Å². The Kier molecular flexibility index (Phi) is 1.83. The topological polar surface area (TPSA) is 88.2 Å². The zero-order chi connectivity index (χ0) is 9.30. The average molecular weight is 165 g/mol. The molecule has 0 aromatic heterocycles. The first-order chi connectivity index (χ1) is 5.57. The van der Waals surface area contributed by atoms with Gasteiger partial charge in [0.15, 0.2) is 0 Å². The van der Waals surface area contributed by atoms with Gasteiger partial charge in [-0.2, -0.15) is 5.26 Å². The van der Waals surface area contributed by atoms with E-state index < -0.39 is 0 Å². The maximum atomic E-state index is 10.8. The normalized spacial score (nSPS) is 16.7. The molecule has 1 rings (SSSR count). The van der Waals surface area contributed by atoms with E-state index in [1.807, 2.05) is 0 Å². The van der Waals surface area contributed by atoms with Crippen molar-refractivity contribution in [3.05, 3.63) is 11.3 Å². The van der Waals surface area contributed by atoms with Crippen LogP contribution in [0.25, 0.3) is 0 Å². The van der Waals surface area contributed by atoms with Crippen LogP contribution in [-0.2, 0) is 4.79 Å². The first kappa shape index (κ1) is 8.27. The Morgan fingerprint density at radius 1 is 1.83 bits per heavy atom. The molecule has 0 aromatic rings. The predicted molar refractivity (Wildman–Crippen MR) is 40.4 cm³/mol. The van der Waals surface area contributed by atoms with Gasteiger partial charge < -0.3 is 5.11 Å². The fourth-order valence-corrected chi connectivity index (χ4v) is 0.966. The van der Waals surface area contributed by atoms with Gasteiger partial charge in [0.05, 0.1) is 6.54 Å². The number of carbonyl (C=O) groups is 1. The van der Waals surface area contributed by atoms with Crippen LogP contribution in [0.3, 0.4) is 0 Å². The molecule has 0 saturated heterocycles. The minimum Gasteiger partial charge on any atom is -0.509 e. The molecule has 2 N–H and O–H groups in total. The van der Waals surface area contributed by atoms with Crippen molar-refractivity contribution in [2.24, 2.45) is 0 Å². The fourth-order valence-electron chi connectivity index (χ4n) is 0.966. The number of nitrogens with one attached hydrogen (secondary N) is 1. The van der Waals surface area contributed by atoms with Crippen LogP contribution >= 0.6 is 0 Å². The largest absolute Gasteiger partial charge is 0.509 e. The Hall–Kier alpha value is -1.83. The van der Waals surface area contributed by atoms with Gasteiger partial charge in [-0.05, 0) is 0 Å². The van der Waals surface area contributed by atoms with Crippen molar-refractivity contribution in [1.29, 1.82) is 10.7 Å². The summed E-state index contributed by atoms with van der Waals surface area (Å²) in [5.74, 6) is -0.781. The number of nitriles is 1. The number of aliphatic hydroxyl groups is 1. The lowest BCUT2D eigenvalue weighted by atomic mass is 10.3. The fraction of sp³-hybridized carbons (Fsp3) is 0.286. The number of hydrogen-bond acceptors (Lipinski definition) is 4. The van der Waals surface area contributed by atoms with Crippen molar-refractivity contribution in [1.82, 2.24) is 4.90 Å². The highest BCUT2D eigenvalue weighted by atomic mass is 16.3. The number of carbonyl (C=O) groups excluding carboxylic acids is 1. The second-order valence-corrected chi connectivity index (χ2v) is 2.39. The van der Waals surface area contributed by atoms with Crippen LogP contribution in [0.4, 0.5) is 0 Å². The quantitative estimate of drug-likeness (QED) is 0.536. The van der Waals surface area contributed by atoms with Crippen molar-refractivity contribution in [2.45, 2.75) is 6.92 Å². The van der Waals surface area contributed by atoms with Crippen molar-refractivity contribution in [3.63, 3.8) is 0 Å². The van der Waals surface area contributed by atoms with Gasteiger partial charge in [0.2, 0.25) is 5.91 Å². The second-order valence-electron chi connectivity index (χ2n) is 2.39. The Morgan fingerprint density at radius 3 is 2.67 bits per heavy atom. The van der Waals surface area contributed by atoms with Crippen LogP contribution in [-0.4, -0.2) is 28.3 Å². The average Bonchev–Trinajstić information content (AvgIpc) is 2.27. The summed E-state index contributed by atoms with van der Waals surface area (Å²) in [4.78, 5) is 11.8. The van der Waals surface area contributed by atoms with E-state index in [9.17, 15) is 4.79 Å². The molecule has 1 aliphatic heterocycles. The summed E-state index contributed by atoms with van der Waals surface area (Å²) in [6.45, 7) is 1.22. The molecule has 5 heteroatoms. The molecular formula is C7H7N3O2. The predicted octanol–water partition coefficient (Wildman–Crippen LogP) is 0.161. The van der Waals surface area contributed by atoms with Gasteiger partial charge in [0, 0.05) is 6.92 Å². The van der Waals surface area contributed by atoms with Crippen LogP contribution < -0.4 is 0 Å². The molecule has 62 valence electrons. The van der Waals surface area contributed by atoms with Crippen molar-refractivity contribution in [3.8, 4) is 6.07 Å². The minimum atomic E-state index is -0.350. The molecule has 12 heavy (non-hydrogen) atoms. The standard InChI is InChI=1S/C7H7N3O2/c1-4(11)10-3-6(12)5(2-8)7(10)9/h9,12H,3H2,1H3. The van der Waals surface area contributed by atoms with Crippen LogP contribution in [0.2, 0.25) is 0 Å². The highest BCUT2D eigenvalue weighted by Crippen LogP contribution is 2.16. The highest BCUT2D eigenvalue weighted by molar-refractivity contribution is 6.10. The monoisotopic (exact) mass is 165 g/mol. The number of nitrogens with zero attached hydrogens (tertiary/aromatic N) is 2. The van der Waals surface area contributed by atoms with Crippen molar-refractivity contribution >= 4 is 11.7 Å². The van der Waals surface area contributed by atoms with Gasteiger partial charge in [-0.3, -0.25) is 15.1 Å². The van der Waals surface area contributed by atoms with Gasteiger partial charge in [0.1, 0.15) is 23.2 Å². The zero-order valence-electron chi connectivity index (χ0n) is 6.46. The van der Waals surface area contributed by atoms with E-state index in [1.54, 1.807) is 6.07 Å². The zero-order valence-corrected chi connectivity index (χ0v) is 6.46. The van der Waals surface area contributed by atoms with E-state index in [1.165, 1.54) is 6.92 Å². The lowest BCUT2D eigenvalue weighted by Crippen LogP contribution is -2.31. The Labute approximate surface area is 69.0 Å².